The number of nitrogens with one attached hydrogen (secondary N) is 1. The smallest absolute Gasteiger partial charge is 0.334 e. The summed E-state index contributed by atoms with van der Waals surface area (Å²) >= 11 is 0. The maximum Gasteiger partial charge on any atom is 0.334 e. The van der Waals surface area contributed by atoms with Crippen molar-refractivity contribution in [2.24, 2.45) is 0 Å². The average Bonchev–Trinajstić information content (AvgIpc) is 3.05. The number of aliphatic carboxylic acids is 1. The number of rotatable bonds is 7. The maximum atomic E-state index is 13.4. The zero-order chi connectivity index (χ0) is 27.7. The number of hydrogen-bond donors (Lipinski definition) is 2. The predicted molar refractivity (Wildman–Crippen MR) is 151 cm³/mol. The topological polar surface area (TPSA) is 121 Å². The van der Waals surface area contributed by atoms with Gasteiger partial charge in [-0.05, 0) is 41.2 Å². The molecular formula is C30H29N5O4. The van der Waals surface area contributed by atoms with Gasteiger partial charge >= 0.3 is 11.7 Å². The molecule has 9 heteroatoms. The molecule has 1 unspecified atom stereocenters. The van der Waals surface area contributed by atoms with E-state index in [0.717, 1.165) is 40.7 Å². The Bertz CT molecular complexity index is 1720. The van der Waals surface area contributed by atoms with Crippen LogP contribution in [-0.2, 0) is 11.2 Å². The minimum atomic E-state index is -1.04. The Balaban J connectivity index is 1.70. The maximum absolute atomic E-state index is 13.4. The molecule has 0 amide bonds. The lowest BCUT2D eigenvalue weighted by molar-refractivity contribution is -0.135. The summed E-state index contributed by atoms with van der Waals surface area (Å²) < 4.78 is 1.27. The quantitative estimate of drug-likeness (QED) is 0.333. The minimum absolute atomic E-state index is 0.142. The zero-order valence-corrected chi connectivity index (χ0v) is 22.0. The Morgan fingerprint density at radius 2 is 1.77 bits per heavy atom. The van der Waals surface area contributed by atoms with Crippen molar-refractivity contribution in [3.63, 3.8) is 0 Å². The lowest BCUT2D eigenvalue weighted by Gasteiger charge is -2.22. The SMILES string of the molecule is CCCc1ccc2c(c1)C=Cc1cc(C)ccc1C2c1cn(-c2ccnc(N(C)CC(=O)O)n2)c(=O)[nH]c1=O. The molecule has 2 aromatic carbocycles. The number of carboxylic acid groups (broad SMARTS) is 1. The van der Waals surface area contributed by atoms with Gasteiger partial charge in [0.25, 0.3) is 5.56 Å². The molecule has 198 valence electrons. The third-order valence-corrected chi connectivity index (χ3v) is 6.87. The van der Waals surface area contributed by atoms with Gasteiger partial charge in [0.1, 0.15) is 12.4 Å². The van der Waals surface area contributed by atoms with Gasteiger partial charge in [-0.15, -0.1) is 0 Å². The van der Waals surface area contributed by atoms with Crippen LogP contribution in [0.5, 0.6) is 0 Å². The van der Waals surface area contributed by atoms with Crippen molar-refractivity contribution in [3.05, 3.63) is 115 Å². The van der Waals surface area contributed by atoms with Crippen molar-refractivity contribution >= 4 is 24.1 Å². The number of likely N-dealkylation sites (N-methyl/N-ethyl adjacent to an activating group) is 1. The van der Waals surface area contributed by atoms with Crippen LogP contribution < -0.4 is 16.1 Å². The van der Waals surface area contributed by atoms with E-state index in [0.29, 0.717) is 5.56 Å². The molecule has 2 heterocycles. The monoisotopic (exact) mass is 523 g/mol. The van der Waals surface area contributed by atoms with E-state index in [1.807, 2.05) is 19.1 Å². The third kappa shape index (κ3) is 5.16. The highest BCUT2D eigenvalue weighted by molar-refractivity contribution is 5.78. The second-order valence-electron chi connectivity index (χ2n) is 9.79. The van der Waals surface area contributed by atoms with Crippen molar-refractivity contribution in [1.82, 2.24) is 19.5 Å². The molecule has 0 spiro atoms. The molecule has 0 aliphatic heterocycles. The van der Waals surface area contributed by atoms with Crippen LogP contribution in [0.3, 0.4) is 0 Å². The predicted octanol–water partition coefficient (Wildman–Crippen LogP) is 3.76. The summed E-state index contributed by atoms with van der Waals surface area (Å²) in [7, 11) is 1.55. The lowest BCUT2D eigenvalue weighted by atomic mass is 9.82. The summed E-state index contributed by atoms with van der Waals surface area (Å²) in [5, 5.41) is 9.14. The highest BCUT2D eigenvalue weighted by atomic mass is 16.4. The first kappa shape index (κ1) is 25.8. The van der Waals surface area contributed by atoms with Crippen LogP contribution in [-0.4, -0.2) is 44.2 Å². The van der Waals surface area contributed by atoms with Crippen LogP contribution in [0.15, 0.2) is 64.4 Å². The number of anilines is 1. The fraction of sp³-hybridized carbons (Fsp3) is 0.233. The van der Waals surface area contributed by atoms with Gasteiger partial charge in [0.2, 0.25) is 5.95 Å². The van der Waals surface area contributed by atoms with Gasteiger partial charge in [-0.1, -0.05) is 67.5 Å². The number of carboxylic acids is 1. The second-order valence-corrected chi connectivity index (χ2v) is 9.79. The standard InChI is InChI=1S/C30H29N5O4/c1-4-5-19-7-11-23-21(15-19)9-8-20-14-18(2)6-10-22(20)27(23)24-16-35(30(39)33-28(24)38)25-12-13-31-29(32-25)34(3)17-26(36)37/h6-16,27H,4-5,17H2,1-3H3,(H,36,37)(H,33,38,39). The molecule has 39 heavy (non-hydrogen) atoms. The van der Waals surface area contributed by atoms with E-state index in [1.54, 1.807) is 13.1 Å². The van der Waals surface area contributed by atoms with E-state index in [2.05, 4.69) is 58.3 Å². The highest BCUT2D eigenvalue weighted by Gasteiger charge is 2.27. The summed E-state index contributed by atoms with van der Waals surface area (Å²) in [5.41, 5.74) is 5.55. The van der Waals surface area contributed by atoms with E-state index in [1.165, 1.54) is 27.4 Å². The number of H-pyrrole nitrogens is 1. The molecule has 1 aliphatic rings. The van der Waals surface area contributed by atoms with Crippen LogP contribution in [0.25, 0.3) is 18.0 Å². The van der Waals surface area contributed by atoms with Crippen LogP contribution in [0.1, 0.15) is 58.2 Å². The van der Waals surface area contributed by atoms with Crippen molar-refractivity contribution < 1.29 is 9.90 Å². The number of aryl methyl sites for hydroxylation is 2. The van der Waals surface area contributed by atoms with Gasteiger partial charge in [-0.2, -0.15) is 4.98 Å². The normalized spacial score (nSPS) is 13.9. The Morgan fingerprint density at radius 3 is 2.49 bits per heavy atom. The Labute approximate surface area is 225 Å². The average molecular weight is 524 g/mol. The molecule has 1 atom stereocenters. The molecule has 1 aliphatic carbocycles. The summed E-state index contributed by atoms with van der Waals surface area (Å²) in [5.74, 6) is -1.11. The van der Waals surface area contributed by atoms with Crippen LogP contribution in [0, 0.1) is 6.92 Å². The number of nitrogens with zero attached hydrogens (tertiary/aromatic N) is 4. The number of aromatic nitrogens is 4. The molecule has 0 saturated carbocycles. The highest BCUT2D eigenvalue weighted by Crippen LogP contribution is 2.38. The van der Waals surface area contributed by atoms with Gasteiger partial charge in [0, 0.05) is 37.0 Å². The summed E-state index contributed by atoms with van der Waals surface area (Å²) in [6, 6.07) is 14.0. The molecule has 5 rings (SSSR count). The molecular weight excluding hydrogens is 494 g/mol. The van der Waals surface area contributed by atoms with Gasteiger partial charge in [0.05, 0.1) is 0 Å². The minimum Gasteiger partial charge on any atom is -0.480 e. The van der Waals surface area contributed by atoms with Gasteiger partial charge in [-0.25, -0.2) is 9.78 Å². The van der Waals surface area contributed by atoms with E-state index >= 15 is 0 Å². The first-order valence-electron chi connectivity index (χ1n) is 12.8. The Morgan fingerprint density at radius 1 is 1.05 bits per heavy atom. The Hall–Kier alpha value is -4.79. The molecule has 0 fully saturated rings. The fourth-order valence-electron chi connectivity index (χ4n) is 5.05. The van der Waals surface area contributed by atoms with E-state index in [-0.39, 0.29) is 18.3 Å². The summed E-state index contributed by atoms with van der Waals surface area (Å²) in [6.07, 6.45) is 9.13. The molecule has 2 aromatic heterocycles. The number of carbonyl (C=O) groups is 1. The summed E-state index contributed by atoms with van der Waals surface area (Å²) in [4.78, 5) is 49.9. The van der Waals surface area contributed by atoms with Gasteiger partial charge < -0.3 is 10.0 Å². The van der Waals surface area contributed by atoms with Gasteiger partial charge in [-0.3, -0.25) is 19.1 Å². The number of aromatic amines is 1. The fourth-order valence-corrected chi connectivity index (χ4v) is 5.05. The summed E-state index contributed by atoms with van der Waals surface area (Å²) in [6.45, 7) is 3.86. The third-order valence-electron chi connectivity index (χ3n) is 6.87. The van der Waals surface area contributed by atoms with Crippen LogP contribution in [0.2, 0.25) is 0 Å². The Kier molecular flexibility index (Phi) is 6.98. The number of benzene rings is 2. The second kappa shape index (κ2) is 10.5. The molecule has 2 N–H and O–H groups in total. The lowest BCUT2D eigenvalue weighted by Crippen LogP contribution is -2.33. The van der Waals surface area contributed by atoms with Crippen LogP contribution in [0.4, 0.5) is 5.95 Å². The van der Waals surface area contributed by atoms with E-state index in [9.17, 15) is 14.4 Å². The first-order valence-corrected chi connectivity index (χ1v) is 12.8. The van der Waals surface area contributed by atoms with E-state index < -0.39 is 23.1 Å². The van der Waals surface area contributed by atoms with E-state index in [4.69, 9.17) is 5.11 Å². The molecule has 9 nitrogen and oxygen atoms in total. The van der Waals surface area contributed by atoms with Crippen LogP contribution >= 0.6 is 0 Å². The zero-order valence-electron chi connectivity index (χ0n) is 22.0. The van der Waals surface area contributed by atoms with Crippen molar-refractivity contribution in [3.8, 4) is 5.82 Å². The number of hydrogen-bond acceptors (Lipinski definition) is 6. The van der Waals surface area contributed by atoms with Crippen molar-refractivity contribution in [2.45, 2.75) is 32.6 Å². The molecule has 0 radical (unpaired) electrons. The first-order chi connectivity index (χ1) is 18.7. The molecule has 4 aromatic rings. The van der Waals surface area contributed by atoms with Crippen molar-refractivity contribution in [2.75, 3.05) is 18.5 Å². The largest absolute Gasteiger partial charge is 0.480 e. The molecule has 0 bridgehead atoms. The van der Waals surface area contributed by atoms with Gasteiger partial charge in [0.15, 0.2) is 0 Å². The molecule has 0 saturated heterocycles. The van der Waals surface area contributed by atoms with Crippen molar-refractivity contribution in [1.29, 1.82) is 0 Å². The number of fused-ring (bicyclic) bond motifs is 2.